The Morgan fingerprint density at radius 2 is 2.24 bits per heavy atom. The summed E-state index contributed by atoms with van der Waals surface area (Å²) in [6.07, 6.45) is -1.30. The molecule has 0 aliphatic heterocycles. The number of aliphatic hydroxyl groups excluding tert-OH is 2. The Morgan fingerprint density at radius 3 is 2.82 bits per heavy atom. The monoisotopic (exact) mass is 259 g/mol. The highest BCUT2D eigenvalue weighted by Gasteiger charge is 2.24. The molecule has 1 rings (SSSR count). The molecule has 0 fully saturated rings. The second-order valence-corrected chi connectivity index (χ2v) is 4.04. The summed E-state index contributed by atoms with van der Waals surface area (Å²) < 4.78 is 4.40. The van der Waals surface area contributed by atoms with Crippen LogP contribution in [0.15, 0.2) is 12.3 Å². The van der Waals surface area contributed by atoms with E-state index in [-0.39, 0.29) is 11.6 Å². The number of carbonyl (C=O) groups is 1. The molecule has 0 saturated carbocycles. The number of pyridine rings is 1. The van der Waals surface area contributed by atoms with E-state index < -0.39 is 18.2 Å². The first-order chi connectivity index (χ1) is 7.95. The van der Waals surface area contributed by atoms with Gasteiger partial charge in [0.25, 0.3) is 0 Å². The van der Waals surface area contributed by atoms with E-state index in [0.29, 0.717) is 5.56 Å². The van der Waals surface area contributed by atoms with Gasteiger partial charge in [-0.3, -0.25) is 4.79 Å². The zero-order chi connectivity index (χ0) is 13.0. The first-order valence-electron chi connectivity index (χ1n) is 5.00. The third-order valence-corrected chi connectivity index (χ3v) is 2.61. The van der Waals surface area contributed by atoms with Gasteiger partial charge in [0.2, 0.25) is 0 Å². The van der Waals surface area contributed by atoms with Crippen molar-refractivity contribution in [3.05, 3.63) is 28.5 Å². The lowest BCUT2D eigenvalue weighted by molar-refractivity contribution is -0.144. The average molecular weight is 260 g/mol. The minimum Gasteiger partial charge on any atom is -0.469 e. The molecule has 0 saturated heterocycles. The number of carbonyl (C=O) groups excluding carboxylic acids is 1. The number of rotatable bonds is 4. The highest BCUT2D eigenvalue weighted by atomic mass is 35.5. The highest BCUT2D eigenvalue weighted by Crippen LogP contribution is 2.25. The summed E-state index contributed by atoms with van der Waals surface area (Å²) in [5.41, 5.74) is 1.09. The SMILES string of the molecule is COC(=O)CC(O)C(O)c1cc(C)cnc1Cl. The van der Waals surface area contributed by atoms with Gasteiger partial charge in [-0.15, -0.1) is 0 Å². The summed E-state index contributed by atoms with van der Waals surface area (Å²) in [6, 6.07) is 1.61. The van der Waals surface area contributed by atoms with Crippen molar-refractivity contribution in [2.24, 2.45) is 0 Å². The minimum atomic E-state index is -1.27. The second-order valence-electron chi connectivity index (χ2n) is 3.69. The van der Waals surface area contributed by atoms with Crippen LogP contribution >= 0.6 is 11.6 Å². The quantitative estimate of drug-likeness (QED) is 0.623. The topological polar surface area (TPSA) is 79.7 Å². The van der Waals surface area contributed by atoms with Crippen LogP contribution in [-0.2, 0) is 9.53 Å². The Hall–Kier alpha value is -1.17. The van der Waals surface area contributed by atoms with E-state index in [2.05, 4.69) is 9.72 Å². The third kappa shape index (κ3) is 3.66. The largest absolute Gasteiger partial charge is 0.469 e. The second kappa shape index (κ2) is 5.95. The number of aliphatic hydroxyl groups is 2. The van der Waals surface area contributed by atoms with E-state index >= 15 is 0 Å². The molecule has 5 nitrogen and oxygen atoms in total. The standard InChI is InChI=1S/C11H14ClNO4/c1-6-3-7(11(12)13-5-6)10(16)8(14)4-9(15)17-2/h3,5,8,10,14,16H,4H2,1-2H3. The molecule has 0 spiro atoms. The molecule has 1 aromatic heterocycles. The van der Waals surface area contributed by atoms with E-state index in [1.165, 1.54) is 7.11 Å². The molecule has 17 heavy (non-hydrogen) atoms. The highest BCUT2D eigenvalue weighted by molar-refractivity contribution is 6.30. The zero-order valence-electron chi connectivity index (χ0n) is 9.55. The Labute approximate surface area is 104 Å². The molecule has 1 aromatic rings. The molecular weight excluding hydrogens is 246 g/mol. The third-order valence-electron chi connectivity index (χ3n) is 2.29. The van der Waals surface area contributed by atoms with Crippen molar-refractivity contribution in [1.29, 1.82) is 0 Å². The van der Waals surface area contributed by atoms with Gasteiger partial charge in [-0.2, -0.15) is 0 Å². The van der Waals surface area contributed by atoms with Crippen molar-refractivity contribution in [3.63, 3.8) is 0 Å². The fourth-order valence-corrected chi connectivity index (χ4v) is 1.57. The van der Waals surface area contributed by atoms with Gasteiger partial charge in [-0.05, 0) is 18.6 Å². The van der Waals surface area contributed by atoms with Crippen molar-refractivity contribution >= 4 is 17.6 Å². The van der Waals surface area contributed by atoms with Gasteiger partial charge in [-0.25, -0.2) is 4.98 Å². The predicted molar refractivity (Wildman–Crippen MR) is 61.6 cm³/mol. The minimum absolute atomic E-state index is 0.104. The van der Waals surface area contributed by atoms with Crippen LogP contribution in [-0.4, -0.2) is 34.4 Å². The van der Waals surface area contributed by atoms with Crippen LogP contribution in [0.2, 0.25) is 5.15 Å². The molecule has 2 N–H and O–H groups in total. The molecule has 0 aliphatic rings. The lowest BCUT2D eigenvalue weighted by atomic mass is 10.0. The number of ether oxygens (including phenoxy) is 1. The molecule has 6 heteroatoms. The zero-order valence-corrected chi connectivity index (χ0v) is 10.3. The lowest BCUT2D eigenvalue weighted by Gasteiger charge is -2.18. The Kier molecular flexibility index (Phi) is 4.86. The van der Waals surface area contributed by atoms with Gasteiger partial charge >= 0.3 is 5.97 Å². The van der Waals surface area contributed by atoms with Crippen molar-refractivity contribution < 1.29 is 19.7 Å². The van der Waals surface area contributed by atoms with Gasteiger partial charge in [0, 0.05) is 11.8 Å². The first kappa shape index (κ1) is 13.9. The van der Waals surface area contributed by atoms with Gasteiger partial charge in [0.05, 0.1) is 19.6 Å². The Bertz CT molecular complexity index is 410. The summed E-state index contributed by atoms with van der Waals surface area (Å²) in [4.78, 5) is 14.8. The molecule has 94 valence electrons. The fourth-order valence-electron chi connectivity index (χ4n) is 1.36. The normalized spacial score (nSPS) is 14.2. The molecule has 0 bridgehead atoms. The maximum Gasteiger partial charge on any atom is 0.308 e. The van der Waals surface area contributed by atoms with Crippen LogP contribution in [0.5, 0.6) is 0 Å². The fraction of sp³-hybridized carbons (Fsp3) is 0.455. The van der Waals surface area contributed by atoms with Gasteiger partial charge in [-0.1, -0.05) is 11.6 Å². The van der Waals surface area contributed by atoms with Crippen molar-refractivity contribution in [2.75, 3.05) is 7.11 Å². The summed E-state index contributed by atoms with van der Waals surface area (Å²) >= 11 is 5.81. The number of esters is 1. The Balaban J connectivity index is 2.84. The van der Waals surface area contributed by atoms with Crippen LogP contribution in [0.3, 0.4) is 0 Å². The number of nitrogens with zero attached hydrogens (tertiary/aromatic N) is 1. The molecule has 0 amide bonds. The van der Waals surface area contributed by atoms with Crippen molar-refractivity contribution in [1.82, 2.24) is 4.98 Å². The van der Waals surface area contributed by atoms with Crippen LogP contribution in [0.25, 0.3) is 0 Å². The number of hydrogen-bond donors (Lipinski definition) is 2. The number of aryl methyl sites for hydroxylation is 1. The number of methoxy groups -OCH3 is 1. The molecule has 2 atom stereocenters. The van der Waals surface area contributed by atoms with E-state index in [1.54, 1.807) is 19.2 Å². The van der Waals surface area contributed by atoms with Crippen molar-refractivity contribution in [2.45, 2.75) is 25.6 Å². The van der Waals surface area contributed by atoms with E-state index in [0.717, 1.165) is 5.56 Å². The number of halogens is 1. The van der Waals surface area contributed by atoms with E-state index in [4.69, 9.17) is 11.6 Å². The molecule has 0 aliphatic carbocycles. The van der Waals surface area contributed by atoms with E-state index in [1.807, 2.05) is 0 Å². The van der Waals surface area contributed by atoms with Gasteiger partial charge < -0.3 is 14.9 Å². The summed E-state index contributed by atoms with van der Waals surface area (Å²) in [5, 5.41) is 19.6. The number of hydrogen-bond acceptors (Lipinski definition) is 5. The maximum atomic E-state index is 11.0. The summed E-state index contributed by atoms with van der Waals surface area (Å²) in [5.74, 6) is -0.603. The van der Waals surface area contributed by atoms with Crippen LogP contribution < -0.4 is 0 Å². The predicted octanol–water partition coefficient (Wildman–Crippen LogP) is 1.00. The van der Waals surface area contributed by atoms with Gasteiger partial charge in [0.1, 0.15) is 11.3 Å². The van der Waals surface area contributed by atoms with Crippen molar-refractivity contribution in [3.8, 4) is 0 Å². The van der Waals surface area contributed by atoms with E-state index in [9.17, 15) is 15.0 Å². The first-order valence-corrected chi connectivity index (χ1v) is 5.38. The number of aromatic nitrogens is 1. The molecule has 2 unspecified atom stereocenters. The average Bonchev–Trinajstić information content (AvgIpc) is 2.31. The molecular formula is C11H14ClNO4. The molecule has 0 aromatic carbocycles. The smallest absolute Gasteiger partial charge is 0.308 e. The van der Waals surface area contributed by atoms with Crippen LogP contribution in [0.4, 0.5) is 0 Å². The maximum absolute atomic E-state index is 11.0. The summed E-state index contributed by atoms with van der Waals surface area (Å²) in [6.45, 7) is 1.78. The van der Waals surface area contributed by atoms with Crippen LogP contribution in [0.1, 0.15) is 23.7 Å². The summed E-state index contributed by atoms with van der Waals surface area (Å²) in [7, 11) is 1.21. The van der Waals surface area contributed by atoms with Gasteiger partial charge in [0.15, 0.2) is 0 Å². The molecule has 1 heterocycles. The lowest BCUT2D eigenvalue weighted by Crippen LogP contribution is -2.23. The Morgan fingerprint density at radius 1 is 1.59 bits per heavy atom. The molecule has 0 radical (unpaired) electrons. The van der Waals surface area contributed by atoms with Crippen LogP contribution in [0, 0.1) is 6.92 Å².